The number of nitrogens with zero attached hydrogens (tertiary/aromatic N) is 1. The fourth-order valence-electron chi connectivity index (χ4n) is 3.09. The third-order valence-corrected chi connectivity index (χ3v) is 4.47. The third-order valence-electron chi connectivity index (χ3n) is 4.47. The number of carbonyl (C=O) groups excluding carboxylic acids is 1. The van der Waals surface area contributed by atoms with Crippen LogP contribution in [-0.4, -0.2) is 55.4 Å². The van der Waals surface area contributed by atoms with E-state index in [9.17, 15) is 14.7 Å². The van der Waals surface area contributed by atoms with Crippen molar-refractivity contribution < 1.29 is 24.2 Å². The van der Waals surface area contributed by atoms with Crippen molar-refractivity contribution in [1.82, 2.24) is 10.2 Å². The minimum absolute atomic E-state index is 0.196. The monoisotopic (exact) mass is 364 g/mol. The molecule has 144 valence electrons. The van der Waals surface area contributed by atoms with Gasteiger partial charge < -0.3 is 24.8 Å². The number of benzene rings is 1. The van der Waals surface area contributed by atoms with Crippen molar-refractivity contribution >= 4 is 12.0 Å². The number of amides is 2. The number of rotatable bonds is 8. The van der Waals surface area contributed by atoms with Crippen molar-refractivity contribution in [1.29, 1.82) is 0 Å². The van der Waals surface area contributed by atoms with Gasteiger partial charge in [0.05, 0.1) is 19.6 Å². The highest BCUT2D eigenvalue weighted by Gasteiger charge is 2.31. The lowest BCUT2D eigenvalue weighted by molar-refractivity contribution is -0.143. The van der Waals surface area contributed by atoms with Crippen LogP contribution in [0.1, 0.15) is 25.3 Å². The molecular weight excluding hydrogens is 336 g/mol. The van der Waals surface area contributed by atoms with E-state index in [-0.39, 0.29) is 18.5 Å². The molecule has 2 rings (SSSR count). The SMILES string of the molecule is COc1ccc(COCCCNC(=O)N2CC(C)CC(C(=O)O)C2)cc1. The molecule has 7 heteroatoms. The van der Waals surface area contributed by atoms with Crippen LogP contribution >= 0.6 is 0 Å². The van der Waals surface area contributed by atoms with Crippen molar-refractivity contribution in [3.8, 4) is 5.75 Å². The van der Waals surface area contributed by atoms with Crippen molar-refractivity contribution in [3.05, 3.63) is 29.8 Å². The summed E-state index contributed by atoms with van der Waals surface area (Å²) in [5, 5.41) is 12.0. The quantitative estimate of drug-likeness (QED) is 0.692. The fourth-order valence-corrected chi connectivity index (χ4v) is 3.09. The number of urea groups is 1. The minimum Gasteiger partial charge on any atom is -0.497 e. The number of methoxy groups -OCH3 is 1. The van der Waals surface area contributed by atoms with Gasteiger partial charge in [0, 0.05) is 26.2 Å². The van der Waals surface area contributed by atoms with Crippen LogP contribution < -0.4 is 10.1 Å². The lowest BCUT2D eigenvalue weighted by Crippen LogP contribution is -2.49. The number of nitrogens with one attached hydrogen (secondary N) is 1. The normalized spacial score (nSPS) is 19.8. The van der Waals surface area contributed by atoms with E-state index < -0.39 is 11.9 Å². The van der Waals surface area contributed by atoms with Gasteiger partial charge in [0.25, 0.3) is 0 Å². The molecule has 1 fully saturated rings. The summed E-state index contributed by atoms with van der Waals surface area (Å²) in [7, 11) is 1.63. The Bertz CT molecular complexity index is 590. The first-order valence-corrected chi connectivity index (χ1v) is 8.96. The van der Waals surface area contributed by atoms with E-state index in [1.54, 1.807) is 12.0 Å². The van der Waals surface area contributed by atoms with E-state index in [1.165, 1.54) is 0 Å². The van der Waals surface area contributed by atoms with Gasteiger partial charge in [-0.25, -0.2) is 4.79 Å². The van der Waals surface area contributed by atoms with Gasteiger partial charge in [-0.1, -0.05) is 19.1 Å². The maximum absolute atomic E-state index is 12.2. The number of carboxylic acid groups (broad SMARTS) is 1. The molecule has 2 amide bonds. The van der Waals surface area contributed by atoms with Gasteiger partial charge in [-0.2, -0.15) is 0 Å². The molecule has 1 aromatic carbocycles. The molecule has 2 unspecified atom stereocenters. The Hall–Kier alpha value is -2.28. The van der Waals surface area contributed by atoms with Crippen molar-refractivity contribution in [2.24, 2.45) is 11.8 Å². The van der Waals surface area contributed by atoms with Crippen LogP contribution in [0.25, 0.3) is 0 Å². The number of hydrogen-bond donors (Lipinski definition) is 2. The summed E-state index contributed by atoms with van der Waals surface area (Å²) in [6.45, 7) is 4.41. The molecule has 2 atom stereocenters. The summed E-state index contributed by atoms with van der Waals surface area (Å²) < 4.78 is 10.7. The van der Waals surface area contributed by atoms with Gasteiger partial charge in [-0.3, -0.25) is 4.79 Å². The zero-order chi connectivity index (χ0) is 18.9. The van der Waals surface area contributed by atoms with E-state index in [0.29, 0.717) is 39.1 Å². The molecule has 7 nitrogen and oxygen atoms in total. The number of hydrogen-bond acceptors (Lipinski definition) is 4. The Morgan fingerprint density at radius 1 is 1.27 bits per heavy atom. The average molecular weight is 364 g/mol. The molecular formula is C19H28N2O5. The van der Waals surface area contributed by atoms with E-state index in [4.69, 9.17) is 9.47 Å². The van der Waals surface area contributed by atoms with E-state index >= 15 is 0 Å². The largest absolute Gasteiger partial charge is 0.497 e. The zero-order valence-electron chi connectivity index (χ0n) is 15.4. The Morgan fingerprint density at radius 3 is 2.65 bits per heavy atom. The van der Waals surface area contributed by atoms with Gasteiger partial charge in [0.1, 0.15) is 5.75 Å². The van der Waals surface area contributed by atoms with Crippen LogP contribution in [0, 0.1) is 11.8 Å². The summed E-state index contributed by atoms with van der Waals surface area (Å²) in [5.74, 6) is -0.296. The summed E-state index contributed by atoms with van der Waals surface area (Å²) in [5.41, 5.74) is 1.07. The van der Waals surface area contributed by atoms with Crippen molar-refractivity contribution in [3.63, 3.8) is 0 Å². The molecule has 0 radical (unpaired) electrons. The number of piperidine rings is 1. The summed E-state index contributed by atoms with van der Waals surface area (Å²) >= 11 is 0. The Balaban J connectivity index is 1.61. The second-order valence-corrected chi connectivity index (χ2v) is 6.77. The average Bonchev–Trinajstić information content (AvgIpc) is 2.64. The lowest BCUT2D eigenvalue weighted by Gasteiger charge is -2.34. The van der Waals surface area contributed by atoms with Crippen LogP contribution in [-0.2, 0) is 16.1 Å². The van der Waals surface area contributed by atoms with Crippen LogP contribution in [0.5, 0.6) is 5.75 Å². The maximum atomic E-state index is 12.2. The molecule has 0 saturated carbocycles. The van der Waals surface area contributed by atoms with Crippen LogP contribution in [0.4, 0.5) is 4.79 Å². The molecule has 1 aromatic rings. The first-order chi connectivity index (χ1) is 12.5. The van der Waals surface area contributed by atoms with Crippen LogP contribution in [0.15, 0.2) is 24.3 Å². The minimum atomic E-state index is -0.832. The summed E-state index contributed by atoms with van der Waals surface area (Å²) in [6.07, 6.45) is 1.33. The van der Waals surface area contributed by atoms with Crippen molar-refractivity contribution in [2.75, 3.05) is 33.4 Å². The number of carbonyl (C=O) groups is 2. The number of ether oxygens (including phenoxy) is 2. The number of aliphatic carboxylic acids is 1. The third kappa shape index (κ3) is 6.22. The molecule has 1 aliphatic heterocycles. The van der Waals surface area contributed by atoms with E-state index in [2.05, 4.69) is 5.32 Å². The highest BCUT2D eigenvalue weighted by molar-refractivity contribution is 5.76. The van der Waals surface area contributed by atoms with Gasteiger partial charge >= 0.3 is 12.0 Å². The Morgan fingerprint density at radius 2 is 2.00 bits per heavy atom. The molecule has 1 heterocycles. The van der Waals surface area contributed by atoms with Crippen LogP contribution in [0.3, 0.4) is 0 Å². The van der Waals surface area contributed by atoms with Gasteiger partial charge in [-0.05, 0) is 36.5 Å². The van der Waals surface area contributed by atoms with Crippen LogP contribution in [0.2, 0.25) is 0 Å². The predicted octanol–water partition coefficient (Wildman–Crippen LogP) is 2.35. The van der Waals surface area contributed by atoms with Gasteiger partial charge in [-0.15, -0.1) is 0 Å². The molecule has 1 saturated heterocycles. The van der Waals surface area contributed by atoms with Gasteiger partial charge in [0.15, 0.2) is 0 Å². The molecule has 2 N–H and O–H groups in total. The predicted molar refractivity (Wildman–Crippen MR) is 97.1 cm³/mol. The summed E-state index contributed by atoms with van der Waals surface area (Å²) in [6, 6.07) is 7.50. The zero-order valence-corrected chi connectivity index (χ0v) is 15.4. The number of likely N-dealkylation sites (tertiary alicyclic amines) is 1. The maximum Gasteiger partial charge on any atom is 0.317 e. The molecule has 0 aromatic heterocycles. The first kappa shape index (κ1) is 20.0. The molecule has 1 aliphatic rings. The smallest absolute Gasteiger partial charge is 0.317 e. The van der Waals surface area contributed by atoms with E-state index in [0.717, 1.165) is 11.3 Å². The van der Waals surface area contributed by atoms with Gasteiger partial charge in [0.2, 0.25) is 0 Å². The Kier molecular flexibility index (Phi) is 7.72. The van der Waals surface area contributed by atoms with Crippen molar-refractivity contribution in [2.45, 2.75) is 26.4 Å². The highest BCUT2D eigenvalue weighted by Crippen LogP contribution is 2.21. The van der Waals surface area contributed by atoms with E-state index in [1.807, 2.05) is 31.2 Å². The lowest BCUT2D eigenvalue weighted by atomic mass is 9.91. The first-order valence-electron chi connectivity index (χ1n) is 8.96. The molecule has 0 aliphatic carbocycles. The highest BCUT2D eigenvalue weighted by atomic mass is 16.5. The molecule has 26 heavy (non-hydrogen) atoms. The second kappa shape index (κ2) is 10.0. The standard InChI is InChI=1S/C19H28N2O5/c1-14-10-16(18(22)23)12-21(11-14)19(24)20-8-3-9-26-13-15-4-6-17(25-2)7-5-15/h4-7,14,16H,3,8-13H2,1-2H3,(H,20,24)(H,22,23). The number of carboxylic acids is 1. The molecule has 0 spiro atoms. The fraction of sp³-hybridized carbons (Fsp3) is 0.579. The summed E-state index contributed by atoms with van der Waals surface area (Å²) in [4.78, 5) is 25.0. The topological polar surface area (TPSA) is 88.1 Å². The second-order valence-electron chi connectivity index (χ2n) is 6.77. The Labute approximate surface area is 154 Å². The molecule has 0 bridgehead atoms.